The Morgan fingerprint density at radius 3 is 2.62 bits per heavy atom. The summed E-state index contributed by atoms with van der Waals surface area (Å²) in [6, 6.07) is 9.90. The van der Waals surface area contributed by atoms with Crippen molar-refractivity contribution >= 4 is 22.8 Å². The number of nitrogens with one attached hydrogen (secondary N) is 1. The second-order valence-electron chi connectivity index (χ2n) is 5.93. The van der Waals surface area contributed by atoms with Crippen LogP contribution in [-0.4, -0.2) is 27.1 Å². The number of rotatable bonds is 5. The summed E-state index contributed by atoms with van der Waals surface area (Å²) >= 11 is 0. The van der Waals surface area contributed by atoms with E-state index in [1.807, 2.05) is 41.8 Å². The van der Waals surface area contributed by atoms with Crippen LogP contribution in [0.4, 0.5) is 0 Å². The van der Waals surface area contributed by atoms with E-state index in [1.165, 1.54) is 0 Å². The number of aryl methyl sites for hydroxylation is 1. The number of carboxylic acids is 1. The van der Waals surface area contributed by atoms with E-state index in [-0.39, 0.29) is 18.9 Å². The number of aliphatic carboxylic acids is 1. The van der Waals surface area contributed by atoms with Crippen molar-refractivity contribution in [1.29, 1.82) is 0 Å². The Balaban J connectivity index is 2.15. The lowest BCUT2D eigenvalue weighted by atomic mass is 10.0. The first kappa shape index (κ1) is 15.1. The molecule has 2 aromatic rings. The molecule has 0 saturated heterocycles. The van der Waals surface area contributed by atoms with Crippen LogP contribution >= 0.6 is 0 Å². The van der Waals surface area contributed by atoms with Gasteiger partial charge in [0.2, 0.25) is 5.91 Å². The van der Waals surface area contributed by atoms with Crippen molar-refractivity contribution in [3.63, 3.8) is 0 Å². The first-order chi connectivity index (χ1) is 9.78. The highest BCUT2D eigenvalue weighted by Gasteiger charge is 2.24. The molecule has 0 bridgehead atoms. The van der Waals surface area contributed by atoms with Gasteiger partial charge in [-0.1, -0.05) is 18.2 Å². The summed E-state index contributed by atoms with van der Waals surface area (Å²) in [5.74, 6) is -1.12. The SMILES string of the molecule is Cc1cc2ccccc2n1CC(=O)NC(C)(C)CC(=O)O. The van der Waals surface area contributed by atoms with Gasteiger partial charge in [-0.2, -0.15) is 0 Å². The highest BCUT2D eigenvalue weighted by Crippen LogP contribution is 2.19. The summed E-state index contributed by atoms with van der Waals surface area (Å²) in [6.45, 7) is 5.55. The Kier molecular flexibility index (Phi) is 4.02. The second-order valence-corrected chi connectivity index (χ2v) is 5.93. The van der Waals surface area contributed by atoms with Crippen LogP contribution in [0.3, 0.4) is 0 Å². The van der Waals surface area contributed by atoms with Crippen LogP contribution in [0.2, 0.25) is 0 Å². The normalized spacial score (nSPS) is 11.6. The van der Waals surface area contributed by atoms with E-state index in [0.29, 0.717) is 0 Å². The molecule has 2 N–H and O–H groups in total. The number of carboxylic acid groups (broad SMARTS) is 1. The average Bonchev–Trinajstić information content (AvgIpc) is 2.63. The van der Waals surface area contributed by atoms with Crippen molar-refractivity contribution in [2.45, 2.75) is 39.3 Å². The number of fused-ring (bicyclic) bond motifs is 1. The molecule has 0 atom stereocenters. The number of hydrogen-bond acceptors (Lipinski definition) is 2. The average molecular weight is 288 g/mol. The van der Waals surface area contributed by atoms with Crippen LogP contribution < -0.4 is 5.32 Å². The molecule has 0 aliphatic heterocycles. The fraction of sp³-hybridized carbons (Fsp3) is 0.375. The monoisotopic (exact) mass is 288 g/mol. The number of carbonyl (C=O) groups is 2. The first-order valence-electron chi connectivity index (χ1n) is 6.86. The quantitative estimate of drug-likeness (QED) is 0.887. The molecule has 0 spiro atoms. The smallest absolute Gasteiger partial charge is 0.305 e. The number of carbonyl (C=O) groups excluding carboxylic acids is 1. The molecule has 2 rings (SSSR count). The third-order valence-electron chi connectivity index (χ3n) is 3.39. The summed E-state index contributed by atoms with van der Waals surface area (Å²) in [5.41, 5.74) is 1.24. The third kappa shape index (κ3) is 3.62. The number of aromatic nitrogens is 1. The van der Waals surface area contributed by atoms with E-state index in [9.17, 15) is 9.59 Å². The van der Waals surface area contributed by atoms with Gasteiger partial charge in [0.05, 0.1) is 6.42 Å². The summed E-state index contributed by atoms with van der Waals surface area (Å²) in [4.78, 5) is 23.0. The molecule has 1 aromatic heterocycles. The Bertz CT molecular complexity index is 686. The van der Waals surface area contributed by atoms with E-state index < -0.39 is 11.5 Å². The predicted molar refractivity (Wildman–Crippen MR) is 81.1 cm³/mol. The van der Waals surface area contributed by atoms with Crippen LogP contribution in [0.15, 0.2) is 30.3 Å². The van der Waals surface area contributed by atoms with Gasteiger partial charge < -0.3 is 15.0 Å². The lowest BCUT2D eigenvalue weighted by Crippen LogP contribution is -2.46. The standard InChI is InChI=1S/C16H20N2O3/c1-11-8-12-6-4-5-7-13(12)18(11)10-14(19)17-16(2,3)9-15(20)21/h4-8H,9-10H2,1-3H3,(H,17,19)(H,20,21). The molecular formula is C16H20N2O3. The molecule has 0 aliphatic carbocycles. The van der Waals surface area contributed by atoms with Gasteiger partial charge in [0.1, 0.15) is 6.54 Å². The lowest BCUT2D eigenvalue weighted by molar-refractivity contribution is -0.138. The van der Waals surface area contributed by atoms with Crippen molar-refractivity contribution in [2.75, 3.05) is 0 Å². The molecule has 5 nitrogen and oxygen atoms in total. The molecule has 0 radical (unpaired) electrons. The van der Waals surface area contributed by atoms with Crippen molar-refractivity contribution in [3.8, 4) is 0 Å². The molecule has 0 fully saturated rings. The number of nitrogens with zero attached hydrogens (tertiary/aromatic N) is 1. The van der Waals surface area contributed by atoms with Gasteiger partial charge in [0.25, 0.3) is 0 Å². The van der Waals surface area contributed by atoms with E-state index in [4.69, 9.17) is 5.11 Å². The lowest BCUT2D eigenvalue weighted by Gasteiger charge is -2.24. The molecule has 112 valence electrons. The molecule has 1 amide bonds. The largest absolute Gasteiger partial charge is 0.481 e. The van der Waals surface area contributed by atoms with E-state index in [0.717, 1.165) is 16.6 Å². The third-order valence-corrected chi connectivity index (χ3v) is 3.39. The van der Waals surface area contributed by atoms with Crippen molar-refractivity contribution in [2.24, 2.45) is 0 Å². The highest BCUT2D eigenvalue weighted by molar-refractivity contribution is 5.84. The maximum absolute atomic E-state index is 12.2. The molecule has 0 saturated carbocycles. The van der Waals surface area contributed by atoms with Crippen molar-refractivity contribution in [3.05, 3.63) is 36.0 Å². The van der Waals surface area contributed by atoms with Crippen LogP contribution in [-0.2, 0) is 16.1 Å². The summed E-state index contributed by atoms with van der Waals surface area (Å²) in [6.07, 6.45) is -0.107. The van der Waals surface area contributed by atoms with Gasteiger partial charge >= 0.3 is 5.97 Å². The Morgan fingerprint density at radius 2 is 1.95 bits per heavy atom. The molecule has 5 heteroatoms. The fourth-order valence-electron chi connectivity index (χ4n) is 2.54. The molecule has 1 heterocycles. The predicted octanol–water partition coefficient (Wildman–Crippen LogP) is 2.32. The van der Waals surface area contributed by atoms with Gasteiger partial charge in [-0.3, -0.25) is 9.59 Å². The summed E-state index contributed by atoms with van der Waals surface area (Å²) in [7, 11) is 0. The molecule has 21 heavy (non-hydrogen) atoms. The van der Waals surface area contributed by atoms with E-state index in [2.05, 4.69) is 5.32 Å². The zero-order valence-corrected chi connectivity index (χ0v) is 12.5. The minimum absolute atomic E-state index is 0.107. The maximum Gasteiger partial charge on any atom is 0.305 e. The molecular weight excluding hydrogens is 268 g/mol. The maximum atomic E-state index is 12.2. The second kappa shape index (κ2) is 5.60. The van der Waals surface area contributed by atoms with Gasteiger partial charge in [-0.25, -0.2) is 0 Å². The Labute approximate surface area is 123 Å². The minimum atomic E-state index is -0.928. The molecule has 1 aromatic carbocycles. The van der Waals surface area contributed by atoms with Crippen LogP contribution in [0, 0.1) is 6.92 Å². The van der Waals surface area contributed by atoms with Crippen LogP contribution in [0.5, 0.6) is 0 Å². The zero-order valence-electron chi connectivity index (χ0n) is 12.5. The molecule has 0 aliphatic rings. The van der Waals surface area contributed by atoms with Gasteiger partial charge in [0, 0.05) is 16.7 Å². The van der Waals surface area contributed by atoms with Gasteiger partial charge in [0.15, 0.2) is 0 Å². The highest BCUT2D eigenvalue weighted by atomic mass is 16.4. The topological polar surface area (TPSA) is 71.3 Å². The summed E-state index contributed by atoms with van der Waals surface area (Å²) < 4.78 is 1.93. The number of amides is 1. The van der Waals surface area contributed by atoms with Crippen LogP contribution in [0.25, 0.3) is 10.9 Å². The van der Waals surface area contributed by atoms with Crippen molar-refractivity contribution < 1.29 is 14.7 Å². The van der Waals surface area contributed by atoms with Gasteiger partial charge in [-0.15, -0.1) is 0 Å². The van der Waals surface area contributed by atoms with Crippen molar-refractivity contribution in [1.82, 2.24) is 9.88 Å². The number of hydrogen-bond donors (Lipinski definition) is 2. The summed E-state index contributed by atoms with van der Waals surface area (Å²) in [5, 5.41) is 12.7. The van der Waals surface area contributed by atoms with Gasteiger partial charge in [-0.05, 0) is 38.3 Å². The fourth-order valence-corrected chi connectivity index (χ4v) is 2.54. The zero-order chi connectivity index (χ0) is 15.6. The van der Waals surface area contributed by atoms with E-state index >= 15 is 0 Å². The number of benzene rings is 1. The number of para-hydroxylation sites is 1. The van der Waals surface area contributed by atoms with E-state index in [1.54, 1.807) is 13.8 Å². The Hall–Kier alpha value is -2.30. The Morgan fingerprint density at radius 1 is 1.29 bits per heavy atom. The minimum Gasteiger partial charge on any atom is -0.481 e. The van der Waals surface area contributed by atoms with Crippen LogP contribution in [0.1, 0.15) is 26.0 Å². The molecule has 0 unspecified atom stereocenters. The first-order valence-corrected chi connectivity index (χ1v) is 6.86.